The molecule has 1 aromatic heterocycles. The highest BCUT2D eigenvalue weighted by atomic mass is 32.1. The number of hydrogen-bond acceptors (Lipinski definition) is 4. The molecule has 0 spiro atoms. The number of nitrogens with zero attached hydrogens (tertiary/aromatic N) is 1. The van der Waals surface area contributed by atoms with Crippen molar-refractivity contribution in [2.75, 3.05) is 39.9 Å². The van der Waals surface area contributed by atoms with Gasteiger partial charge in [0.2, 0.25) is 0 Å². The largest absolute Gasteiger partial charge is 0.383 e. The van der Waals surface area contributed by atoms with Crippen LogP contribution in [0, 0.1) is 5.92 Å². The second-order valence-electron chi connectivity index (χ2n) is 5.14. The van der Waals surface area contributed by atoms with Crippen LogP contribution in [-0.4, -0.2) is 50.8 Å². The van der Waals surface area contributed by atoms with Crippen molar-refractivity contribution in [1.82, 2.24) is 15.5 Å². The first-order valence-electron chi connectivity index (χ1n) is 7.02. The van der Waals surface area contributed by atoms with Gasteiger partial charge in [-0.05, 0) is 41.3 Å². The number of hydrogen-bond donors (Lipinski definition) is 2. The van der Waals surface area contributed by atoms with Gasteiger partial charge < -0.3 is 20.3 Å². The zero-order chi connectivity index (χ0) is 14.2. The topological polar surface area (TPSA) is 53.6 Å². The number of carbonyl (C=O) groups excluding carboxylic acids is 1. The van der Waals surface area contributed by atoms with E-state index in [1.165, 1.54) is 0 Å². The van der Waals surface area contributed by atoms with E-state index in [1.54, 1.807) is 18.4 Å². The predicted molar refractivity (Wildman–Crippen MR) is 81.0 cm³/mol. The smallest absolute Gasteiger partial charge is 0.315 e. The third kappa shape index (κ3) is 5.11. The van der Waals surface area contributed by atoms with Crippen LogP contribution >= 0.6 is 11.3 Å². The molecule has 1 fully saturated rings. The Bertz CT molecular complexity index is 397. The Balaban J connectivity index is 1.57. The molecule has 1 aliphatic heterocycles. The summed E-state index contributed by atoms with van der Waals surface area (Å²) in [5.41, 5.74) is 1.15. The van der Waals surface area contributed by atoms with E-state index in [2.05, 4.69) is 15.5 Å². The van der Waals surface area contributed by atoms with Gasteiger partial charge >= 0.3 is 6.03 Å². The highest BCUT2D eigenvalue weighted by Gasteiger charge is 2.22. The zero-order valence-corrected chi connectivity index (χ0v) is 12.7. The lowest BCUT2D eigenvalue weighted by Gasteiger charge is -2.15. The fourth-order valence-electron chi connectivity index (χ4n) is 2.38. The quantitative estimate of drug-likeness (QED) is 0.802. The third-order valence-electron chi connectivity index (χ3n) is 3.57. The molecule has 6 heteroatoms. The third-order valence-corrected chi connectivity index (χ3v) is 4.30. The van der Waals surface area contributed by atoms with Crippen LogP contribution in [0.2, 0.25) is 0 Å². The Morgan fingerprint density at radius 2 is 2.45 bits per heavy atom. The van der Waals surface area contributed by atoms with E-state index in [-0.39, 0.29) is 6.03 Å². The molecular formula is C14H23N3O2S. The predicted octanol–water partition coefficient (Wildman–Crippen LogP) is 1.52. The van der Waals surface area contributed by atoms with Gasteiger partial charge in [0.25, 0.3) is 0 Å². The molecule has 2 rings (SSSR count). The molecule has 1 saturated heterocycles. The van der Waals surface area contributed by atoms with Crippen LogP contribution < -0.4 is 10.6 Å². The van der Waals surface area contributed by atoms with Crippen LogP contribution in [0.1, 0.15) is 12.0 Å². The van der Waals surface area contributed by atoms with Crippen molar-refractivity contribution in [3.05, 3.63) is 22.4 Å². The van der Waals surface area contributed by atoms with Crippen molar-refractivity contribution >= 4 is 17.4 Å². The van der Waals surface area contributed by atoms with Crippen molar-refractivity contribution in [3.8, 4) is 0 Å². The highest BCUT2D eigenvalue weighted by Crippen LogP contribution is 2.14. The number of nitrogens with one attached hydrogen (secondary N) is 2. The minimum Gasteiger partial charge on any atom is -0.383 e. The highest BCUT2D eigenvalue weighted by molar-refractivity contribution is 7.07. The van der Waals surface area contributed by atoms with Gasteiger partial charge in [-0.1, -0.05) is 0 Å². The second kappa shape index (κ2) is 8.24. The van der Waals surface area contributed by atoms with Crippen molar-refractivity contribution in [2.24, 2.45) is 5.92 Å². The molecule has 1 aromatic rings. The number of amides is 2. The van der Waals surface area contributed by atoms with Crippen molar-refractivity contribution in [3.63, 3.8) is 0 Å². The lowest BCUT2D eigenvalue weighted by Crippen LogP contribution is -2.38. The van der Waals surface area contributed by atoms with Crippen molar-refractivity contribution < 1.29 is 9.53 Å². The Morgan fingerprint density at radius 1 is 1.55 bits per heavy atom. The summed E-state index contributed by atoms with van der Waals surface area (Å²) >= 11 is 1.64. The van der Waals surface area contributed by atoms with Crippen molar-refractivity contribution in [2.45, 2.75) is 13.0 Å². The van der Waals surface area contributed by atoms with E-state index in [0.29, 0.717) is 12.5 Å². The molecule has 5 nitrogen and oxygen atoms in total. The number of carbonyl (C=O) groups is 1. The van der Waals surface area contributed by atoms with Gasteiger partial charge in [-0.25, -0.2) is 4.79 Å². The van der Waals surface area contributed by atoms with Gasteiger partial charge in [0.05, 0.1) is 6.61 Å². The SMILES string of the molecule is COCCN1CC[C@H](CNC(=O)NCc2ccsc2)C1. The number of rotatable bonds is 7. The van der Waals surface area contributed by atoms with Gasteiger partial charge in [-0.2, -0.15) is 11.3 Å². The Labute approximate surface area is 124 Å². The van der Waals surface area contributed by atoms with Gasteiger partial charge in [0.1, 0.15) is 0 Å². The molecule has 2 N–H and O–H groups in total. The van der Waals surface area contributed by atoms with Crippen LogP contribution in [0.5, 0.6) is 0 Å². The Kier molecular flexibility index (Phi) is 6.29. The number of likely N-dealkylation sites (tertiary alicyclic amines) is 1. The fraction of sp³-hybridized carbons (Fsp3) is 0.643. The first kappa shape index (κ1) is 15.3. The molecule has 20 heavy (non-hydrogen) atoms. The second-order valence-corrected chi connectivity index (χ2v) is 5.92. The molecule has 0 radical (unpaired) electrons. The van der Waals surface area contributed by atoms with Crippen LogP contribution in [0.15, 0.2) is 16.8 Å². The van der Waals surface area contributed by atoms with E-state index in [9.17, 15) is 4.79 Å². The van der Waals surface area contributed by atoms with Gasteiger partial charge in [-0.15, -0.1) is 0 Å². The number of thiophene rings is 1. The van der Waals surface area contributed by atoms with Crippen molar-refractivity contribution in [1.29, 1.82) is 0 Å². The summed E-state index contributed by atoms with van der Waals surface area (Å²) in [6.07, 6.45) is 1.15. The summed E-state index contributed by atoms with van der Waals surface area (Å²) in [6.45, 7) is 5.26. The normalized spacial score (nSPS) is 19.1. The minimum absolute atomic E-state index is 0.0773. The molecule has 2 heterocycles. The lowest BCUT2D eigenvalue weighted by molar-refractivity contribution is 0.159. The summed E-state index contributed by atoms with van der Waals surface area (Å²) < 4.78 is 5.08. The van der Waals surface area contributed by atoms with Crippen LogP contribution in [0.4, 0.5) is 4.79 Å². The molecule has 0 saturated carbocycles. The van der Waals surface area contributed by atoms with E-state index >= 15 is 0 Å². The minimum atomic E-state index is -0.0773. The maximum Gasteiger partial charge on any atom is 0.315 e. The molecule has 0 unspecified atom stereocenters. The molecule has 0 aromatic carbocycles. The number of urea groups is 1. The summed E-state index contributed by atoms with van der Waals surface area (Å²) in [5.74, 6) is 0.554. The van der Waals surface area contributed by atoms with E-state index in [1.807, 2.05) is 16.8 Å². The standard InChI is InChI=1S/C14H23N3O2S/c1-19-6-5-17-4-2-12(10-17)8-15-14(18)16-9-13-3-7-20-11-13/h3,7,11-12H,2,4-6,8-10H2,1H3,(H2,15,16,18)/t12-/m1/s1. The van der Waals surface area contributed by atoms with Crippen LogP contribution in [0.25, 0.3) is 0 Å². The van der Waals surface area contributed by atoms with E-state index in [4.69, 9.17) is 4.74 Å². The maximum absolute atomic E-state index is 11.7. The fourth-order valence-corrected chi connectivity index (χ4v) is 3.05. The first-order valence-corrected chi connectivity index (χ1v) is 7.96. The molecule has 0 bridgehead atoms. The average molecular weight is 297 g/mol. The van der Waals surface area contributed by atoms with Gasteiger partial charge in [-0.3, -0.25) is 0 Å². The zero-order valence-electron chi connectivity index (χ0n) is 11.9. The van der Waals surface area contributed by atoms with E-state index in [0.717, 1.165) is 44.8 Å². The van der Waals surface area contributed by atoms with Gasteiger partial charge in [0, 0.05) is 33.3 Å². The summed E-state index contributed by atoms with van der Waals surface area (Å²) in [6, 6.07) is 1.95. The van der Waals surface area contributed by atoms with E-state index < -0.39 is 0 Å². The number of methoxy groups -OCH3 is 1. The maximum atomic E-state index is 11.7. The average Bonchev–Trinajstić information content (AvgIpc) is 3.12. The molecule has 0 aliphatic carbocycles. The van der Waals surface area contributed by atoms with Gasteiger partial charge in [0.15, 0.2) is 0 Å². The lowest BCUT2D eigenvalue weighted by atomic mass is 10.1. The number of ether oxygens (including phenoxy) is 1. The Morgan fingerprint density at radius 3 is 3.20 bits per heavy atom. The monoisotopic (exact) mass is 297 g/mol. The molecular weight excluding hydrogens is 274 g/mol. The first-order chi connectivity index (χ1) is 9.78. The summed E-state index contributed by atoms with van der Waals surface area (Å²) in [4.78, 5) is 14.1. The molecule has 1 aliphatic rings. The molecule has 2 amide bonds. The molecule has 1 atom stereocenters. The van der Waals surface area contributed by atoms with Crippen LogP contribution in [0.3, 0.4) is 0 Å². The Hall–Kier alpha value is -1.11. The molecule has 112 valence electrons. The summed E-state index contributed by atoms with van der Waals surface area (Å²) in [5, 5.41) is 9.90. The summed E-state index contributed by atoms with van der Waals surface area (Å²) in [7, 11) is 1.73. The van der Waals surface area contributed by atoms with Crippen LogP contribution in [-0.2, 0) is 11.3 Å².